The number of unbranched alkanes of at least 4 members (excludes halogenated alkanes) is 4. The van der Waals surface area contributed by atoms with Crippen LogP contribution < -0.4 is 32.6 Å². The summed E-state index contributed by atoms with van der Waals surface area (Å²) in [4.78, 5) is 89.6. The van der Waals surface area contributed by atoms with Crippen LogP contribution in [0.5, 0.6) is 0 Å². The molecule has 1 aromatic carbocycles. The van der Waals surface area contributed by atoms with E-state index in [0.717, 1.165) is 0 Å². The molecule has 0 saturated carbocycles. The Bertz CT molecular complexity index is 1890. The Balaban J connectivity index is 1.49. The molecule has 1 unspecified atom stereocenters. The number of anilines is 2. The third-order valence-corrected chi connectivity index (χ3v) is 7.82. The highest BCUT2D eigenvalue weighted by molar-refractivity contribution is 5.97. The number of carbonyl (C=O) groups is 5. The van der Waals surface area contributed by atoms with E-state index >= 15 is 0 Å². The number of esters is 2. The molecule has 0 spiro atoms. The molecule has 3 aromatic rings. The smallest absolute Gasteiger partial charge is 0.407 e. The van der Waals surface area contributed by atoms with Gasteiger partial charge in [0, 0.05) is 30.8 Å². The van der Waals surface area contributed by atoms with Crippen molar-refractivity contribution in [2.45, 2.75) is 117 Å². The van der Waals surface area contributed by atoms with Gasteiger partial charge in [-0.2, -0.15) is 4.98 Å². The highest BCUT2D eigenvalue weighted by atomic mass is 16.6. The number of H-pyrrole nitrogens is 1. The zero-order chi connectivity index (χ0) is 42.7. The minimum atomic E-state index is -1.13. The van der Waals surface area contributed by atoms with Crippen molar-refractivity contribution in [3.05, 3.63) is 52.1 Å². The van der Waals surface area contributed by atoms with Crippen LogP contribution in [-0.4, -0.2) is 93.5 Å². The average Bonchev–Trinajstić information content (AvgIpc) is 3.13. The molecule has 0 fully saturated rings. The number of hydrogen-bond acceptors (Lipinski definition) is 15. The van der Waals surface area contributed by atoms with E-state index in [9.17, 15) is 28.8 Å². The van der Waals surface area contributed by atoms with Gasteiger partial charge < -0.3 is 45.9 Å². The molecule has 0 bridgehead atoms. The van der Waals surface area contributed by atoms with Crippen molar-refractivity contribution in [2.24, 2.45) is 0 Å². The molecule has 0 radical (unpaired) electrons. The Morgan fingerprint density at radius 2 is 1.38 bits per heavy atom. The number of nitrogen functional groups attached to an aromatic ring is 1. The predicted molar refractivity (Wildman–Crippen MR) is 215 cm³/mol. The SMILES string of the molecule is CC(C)(C)OC(=O)NCCCCCOC(=O)CCC(NC(=O)c1ccc(NCc2cnc3nc(N)[nH]c(=O)c3n2)cc1)C(=O)OCCCCCNC(=O)OC(C)(C)C. The third kappa shape index (κ3) is 18.3. The Morgan fingerprint density at radius 1 is 0.793 bits per heavy atom. The van der Waals surface area contributed by atoms with E-state index in [0.29, 0.717) is 63.0 Å². The monoisotopic (exact) mass is 811 g/mol. The zero-order valence-electron chi connectivity index (χ0n) is 34.2. The van der Waals surface area contributed by atoms with Crippen LogP contribution >= 0.6 is 0 Å². The van der Waals surface area contributed by atoms with Crippen molar-refractivity contribution in [2.75, 3.05) is 37.4 Å². The fourth-order valence-electron chi connectivity index (χ4n) is 5.09. The number of rotatable bonds is 21. The standard InChI is InChI=1S/C39H57N9O10/c1-38(2,3)57-36(53)41-19-9-7-11-21-55-29(49)18-17-28(34(52)56-22-12-8-10-20-42-37(54)58-39(4,5)6)46-32(50)25-13-15-26(16-14-25)43-23-27-24-44-31-30(45-27)33(51)48-35(40)47-31/h13-16,24,28,43H,7-12,17-23H2,1-6H3,(H,41,53)(H,42,54)(H,46,50)(H3,40,44,47,48,51). The largest absolute Gasteiger partial charge is 0.466 e. The summed E-state index contributed by atoms with van der Waals surface area (Å²) < 4.78 is 21.2. The summed E-state index contributed by atoms with van der Waals surface area (Å²) in [6.07, 6.45) is 4.02. The van der Waals surface area contributed by atoms with Gasteiger partial charge in [-0.15, -0.1) is 0 Å². The van der Waals surface area contributed by atoms with E-state index in [1.807, 2.05) is 0 Å². The van der Waals surface area contributed by atoms with Gasteiger partial charge in [0.25, 0.3) is 11.5 Å². The molecule has 2 heterocycles. The topological polar surface area (TPSA) is 268 Å². The van der Waals surface area contributed by atoms with Crippen molar-refractivity contribution in [1.29, 1.82) is 0 Å². The van der Waals surface area contributed by atoms with Crippen LogP contribution in [0.15, 0.2) is 35.3 Å². The maximum absolute atomic E-state index is 13.3. The van der Waals surface area contributed by atoms with E-state index in [-0.39, 0.29) is 55.3 Å². The van der Waals surface area contributed by atoms with Crippen molar-refractivity contribution in [1.82, 2.24) is 35.9 Å². The van der Waals surface area contributed by atoms with Crippen molar-refractivity contribution < 1.29 is 42.9 Å². The molecule has 19 nitrogen and oxygen atoms in total. The highest BCUT2D eigenvalue weighted by Gasteiger charge is 2.25. The number of aromatic nitrogens is 4. The number of aromatic amines is 1. The summed E-state index contributed by atoms with van der Waals surface area (Å²) in [7, 11) is 0. The number of nitrogens with zero attached hydrogens (tertiary/aromatic N) is 3. The molecule has 19 heteroatoms. The van der Waals surface area contributed by atoms with Gasteiger partial charge in [-0.3, -0.25) is 19.4 Å². The number of alkyl carbamates (subject to hydrolysis) is 2. The average molecular weight is 812 g/mol. The summed E-state index contributed by atoms with van der Waals surface area (Å²) in [5.41, 5.74) is 5.42. The van der Waals surface area contributed by atoms with Crippen molar-refractivity contribution in [3.8, 4) is 0 Å². The number of ether oxygens (including phenoxy) is 4. The molecule has 58 heavy (non-hydrogen) atoms. The lowest BCUT2D eigenvalue weighted by molar-refractivity contribution is -0.147. The van der Waals surface area contributed by atoms with Crippen LogP contribution in [0.2, 0.25) is 0 Å². The van der Waals surface area contributed by atoms with E-state index in [2.05, 4.69) is 41.2 Å². The fourth-order valence-corrected chi connectivity index (χ4v) is 5.09. The fraction of sp³-hybridized carbons (Fsp3) is 0.564. The molecule has 7 N–H and O–H groups in total. The van der Waals surface area contributed by atoms with Crippen LogP contribution in [0, 0.1) is 0 Å². The lowest BCUT2D eigenvalue weighted by Crippen LogP contribution is -2.42. The van der Waals surface area contributed by atoms with Gasteiger partial charge >= 0.3 is 24.1 Å². The van der Waals surface area contributed by atoms with Gasteiger partial charge in [0.05, 0.1) is 31.6 Å². The van der Waals surface area contributed by atoms with E-state index in [1.54, 1.807) is 65.8 Å². The molecule has 0 aliphatic heterocycles. The molecule has 2 aromatic heterocycles. The van der Waals surface area contributed by atoms with Crippen LogP contribution in [0.4, 0.5) is 21.2 Å². The summed E-state index contributed by atoms with van der Waals surface area (Å²) in [6, 6.07) is 5.31. The second-order valence-electron chi connectivity index (χ2n) is 15.3. The Morgan fingerprint density at radius 3 is 1.97 bits per heavy atom. The van der Waals surface area contributed by atoms with Gasteiger partial charge in [-0.05, 0) is 111 Å². The van der Waals surface area contributed by atoms with E-state index in [4.69, 9.17) is 24.7 Å². The quantitative estimate of drug-likeness (QED) is 0.0498. The molecule has 3 amide bonds. The zero-order valence-corrected chi connectivity index (χ0v) is 34.2. The molecule has 0 aliphatic carbocycles. The lowest BCUT2D eigenvalue weighted by Gasteiger charge is -2.19. The second kappa shape index (κ2) is 22.7. The number of carbonyl (C=O) groups excluding carboxylic acids is 5. The minimum absolute atomic E-state index is 0.0519. The number of fused-ring (bicyclic) bond motifs is 1. The third-order valence-electron chi connectivity index (χ3n) is 7.82. The number of benzene rings is 1. The second-order valence-corrected chi connectivity index (χ2v) is 15.3. The molecule has 0 saturated heterocycles. The van der Waals surface area contributed by atoms with Gasteiger partial charge in [-0.1, -0.05) is 0 Å². The van der Waals surface area contributed by atoms with Gasteiger partial charge in [-0.25, -0.2) is 24.4 Å². The summed E-state index contributed by atoms with van der Waals surface area (Å²) in [5, 5.41) is 11.2. The number of amides is 3. The summed E-state index contributed by atoms with van der Waals surface area (Å²) in [5.74, 6) is -1.84. The minimum Gasteiger partial charge on any atom is -0.466 e. The van der Waals surface area contributed by atoms with Crippen LogP contribution in [0.1, 0.15) is 109 Å². The van der Waals surface area contributed by atoms with Crippen LogP contribution in [-0.2, 0) is 35.1 Å². The highest BCUT2D eigenvalue weighted by Crippen LogP contribution is 2.14. The van der Waals surface area contributed by atoms with E-state index < -0.39 is 52.8 Å². The molecule has 318 valence electrons. The lowest BCUT2D eigenvalue weighted by atomic mass is 10.1. The first-order valence-corrected chi connectivity index (χ1v) is 19.3. The molecule has 0 aliphatic rings. The number of hydrogen-bond donors (Lipinski definition) is 6. The molecule has 1 atom stereocenters. The van der Waals surface area contributed by atoms with E-state index in [1.165, 1.54) is 6.20 Å². The van der Waals surface area contributed by atoms with Gasteiger partial charge in [0.15, 0.2) is 11.2 Å². The maximum Gasteiger partial charge on any atom is 0.407 e. The van der Waals surface area contributed by atoms with Gasteiger partial charge in [0.1, 0.15) is 17.2 Å². The predicted octanol–water partition coefficient (Wildman–Crippen LogP) is 4.26. The van der Waals surface area contributed by atoms with Crippen molar-refractivity contribution in [3.63, 3.8) is 0 Å². The molecule has 3 rings (SSSR count). The Kier molecular flexibility index (Phi) is 18.1. The first-order valence-electron chi connectivity index (χ1n) is 19.3. The molecular formula is C39H57N9O10. The Labute approximate surface area is 337 Å². The normalized spacial score (nSPS) is 11.9. The van der Waals surface area contributed by atoms with Crippen molar-refractivity contribution >= 4 is 52.8 Å². The summed E-state index contributed by atoms with van der Waals surface area (Å²) in [6.45, 7) is 12.0. The van der Waals surface area contributed by atoms with Crippen LogP contribution in [0.25, 0.3) is 11.2 Å². The number of nitrogens with one attached hydrogen (secondary N) is 5. The first-order chi connectivity index (χ1) is 27.4. The summed E-state index contributed by atoms with van der Waals surface area (Å²) >= 11 is 0. The van der Waals surface area contributed by atoms with Gasteiger partial charge in [0.2, 0.25) is 5.95 Å². The Hall–Kier alpha value is -6.01. The first kappa shape index (κ1) is 46.4. The van der Waals surface area contributed by atoms with Crippen LogP contribution in [0.3, 0.4) is 0 Å². The molecular weight excluding hydrogens is 754 g/mol. The number of nitrogens with two attached hydrogens (primary N) is 1. The maximum atomic E-state index is 13.3.